The molecule has 2 heterocycles. The van der Waals surface area contributed by atoms with Gasteiger partial charge in [-0.1, -0.05) is 12.1 Å². The Hall–Kier alpha value is -1.70. The van der Waals surface area contributed by atoms with Gasteiger partial charge in [-0.2, -0.15) is 5.10 Å². The van der Waals surface area contributed by atoms with E-state index in [0.717, 1.165) is 27.2 Å². The zero-order chi connectivity index (χ0) is 14.1. The first-order valence-electron chi connectivity index (χ1n) is 6.18. The summed E-state index contributed by atoms with van der Waals surface area (Å²) in [7, 11) is 2.88. The summed E-state index contributed by atoms with van der Waals surface area (Å²) in [6, 6.07) is 6.02. The number of thiazole rings is 1. The van der Waals surface area contributed by atoms with Crippen LogP contribution in [0.5, 0.6) is 0 Å². The molecule has 0 aliphatic heterocycles. The first-order chi connectivity index (χ1) is 9.72. The lowest BCUT2D eigenvalue weighted by Gasteiger charge is -2.09. The molecule has 3 rings (SSSR count). The lowest BCUT2D eigenvalue weighted by atomic mass is 9.79. The lowest BCUT2D eigenvalue weighted by Crippen LogP contribution is -2.34. The molecule has 0 amide bonds. The third kappa shape index (κ3) is 2.24. The maximum Gasteiger partial charge on any atom is 0.493 e. The van der Waals surface area contributed by atoms with Gasteiger partial charge in [0.05, 0.1) is 17.4 Å². The van der Waals surface area contributed by atoms with Crippen LogP contribution in [0, 0.1) is 6.92 Å². The highest BCUT2D eigenvalue weighted by Gasteiger charge is 2.19. The number of hydrogen-bond donors (Lipinski definition) is 0. The molecule has 0 saturated heterocycles. The number of hydrogen-bond acceptors (Lipinski definition) is 5. The van der Waals surface area contributed by atoms with Crippen LogP contribution in [0.4, 0.5) is 0 Å². The summed E-state index contributed by atoms with van der Waals surface area (Å²) in [5.41, 5.74) is 2.95. The number of aromatic nitrogens is 3. The van der Waals surface area contributed by atoms with E-state index in [-0.39, 0.29) is 7.12 Å². The highest BCUT2D eigenvalue weighted by atomic mass is 32.1. The topological polar surface area (TPSA) is 49.2 Å². The van der Waals surface area contributed by atoms with Gasteiger partial charge in [0.25, 0.3) is 0 Å². The van der Waals surface area contributed by atoms with Crippen molar-refractivity contribution in [3.05, 3.63) is 35.5 Å². The van der Waals surface area contributed by atoms with E-state index >= 15 is 0 Å². The van der Waals surface area contributed by atoms with Crippen molar-refractivity contribution in [1.82, 2.24) is 14.8 Å². The van der Waals surface area contributed by atoms with E-state index in [1.165, 1.54) is 0 Å². The third-order valence-electron chi connectivity index (χ3n) is 3.08. The SMILES string of the molecule is COB(OC)c1ccc2cnn(-c3nc(C)cs3)c2c1. The second kappa shape index (κ2) is 5.36. The van der Waals surface area contributed by atoms with Crippen molar-refractivity contribution in [2.45, 2.75) is 6.92 Å². The van der Waals surface area contributed by atoms with Crippen molar-refractivity contribution in [3.63, 3.8) is 0 Å². The van der Waals surface area contributed by atoms with Crippen LogP contribution in [-0.2, 0) is 9.31 Å². The van der Waals surface area contributed by atoms with Crippen LogP contribution in [-0.4, -0.2) is 36.1 Å². The summed E-state index contributed by atoms with van der Waals surface area (Å²) in [5.74, 6) is 0. The van der Waals surface area contributed by atoms with E-state index in [1.807, 2.05) is 41.4 Å². The molecular formula is C13H14BN3O2S. The summed E-state index contributed by atoms with van der Waals surface area (Å²) >= 11 is 1.57. The van der Waals surface area contributed by atoms with Crippen LogP contribution in [0.3, 0.4) is 0 Å². The van der Waals surface area contributed by atoms with Crippen LogP contribution in [0.2, 0.25) is 0 Å². The number of rotatable bonds is 4. The fraction of sp³-hybridized carbons (Fsp3) is 0.231. The number of nitrogens with zero attached hydrogens (tertiary/aromatic N) is 3. The minimum Gasteiger partial charge on any atom is -0.410 e. The van der Waals surface area contributed by atoms with Crippen LogP contribution in [0.25, 0.3) is 16.0 Å². The standard InChI is InChI=1S/C13H14BN3O2S/c1-9-8-20-13(16-9)17-12-6-11(14(18-2)19-3)5-4-10(12)7-15-17/h4-8H,1-3H3. The molecular weight excluding hydrogens is 273 g/mol. The summed E-state index contributed by atoms with van der Waals surface area (Å²) in [6.07, 6.45) is 1.84. The van der Waals surface area contributed by atoms with E-state index in [1.54, 1.807) is 25.6 Å². The average molecular weight is 287 g/mol. The van der Waals surface area contributed by atoms with Crippen molar-refractivity contribution < 1.29 is 9.31 Å². The van der Waals surface area contributed by atoms with E-state index in [2.05, 4.69) is 10.1 Å². The fourth-order valence-electron chi connectivity index (χ4n) is 2.14. The molecule has 0 fully saturated rings. The lowest BCUT2D eigenvalue weighted by molar-refractivity contribution is 0.292. The van der Waals surface area contributed by atoms with Crippen LogP contribution >= 0.6 is 11.3 Å². The Balaban J connectivity index is 2.12. The monoisotopic (exact) mass is 287 g/mol. The van der Waals surface area contributed by atoms with Crippen molar-refractivity contribution in [3.8, 4) is 5.13 Å². The molecule has 7 heteroatoms. The fourth-order valence-corrected chi connectivity index (χ4v) is 2.91. The van der Waals surface area contributed by atoms with Gasteiger partial charge in [0.2, 0.25) is 5.13 Å². The maximum atomic E-state index is 5.30. The van der Waals surface area contributed by atoms with E-state index < -0.39 is 0 Å². The molecule has 0 spiro atoms. The summed E-state index contributed by atoms with van der Waals surface area (Å²) in [6.45, 7) is 1.98. The Morgan fingerprint density at radius 3 is 2.70 bits per heavy atom. The normalized spacial score (nSPS) is 11.2. The molecule has 20 heavy (non-hydrogen) atoms. The minimum atomic E-state index is -0.374. The molecule has 0 N–H and O–H groups in total. The Morgan fingerprint density at radius 1 is 1.25 bits per heavy atom. The molecule has 0 unspecified atom stereocenters. The van der Waals surface area contributed by atoms with Gasteiger partial charge < -0.3 is 9.31 Å². The predicted molar refractivity (Wildman–Crippen MR) is 80.9 cm³/mol. The first kappa shape index (κ1) is 13.3. The molecule has 0 bridgehead atoms. The second-order valence-corrected chi connectivity index (χ2v) is 5.29. The molecule has 2 aromatic heterocycles. The quantitative estimate of drug-likeness (QED) is 0.686. The van der Waals surface area contributed by atoms with Gasteiger partial charge in [-0.3, -0.25) is 0 Å². The van der Waals surface area contributed by atoms with Gasteiger partial charge in [-0.25, -0.2) is 9.67 Å². The number of fused-ring (bicyclic) bond motifs is 1. The molecule has 3 aromatic rings. The Bertz CT molecular complexity index is 736. The van der Waals surface area contributed by atoms with Gasteiger partial charge in [-0.05, 0) is 18.5 Å². The Labute approximate surface area is 121 Å². The van der Waals surface area contributed by atoms with Crippen molar-refractivity contribution in [2.24, 2.45) is 0 Å². The van der Waals surface area contributed by atoms with E-state index in [0.29, 0.717) is 0 Å². The molecule has 0 saturated carbocycles. The first-order valence-corrected chi connectivity index (χ1v) is 7.06. The summed E-state index contributed by atoms with van der Waals surface area (Å²) < 4.78 is 12.4. The second-order valence-electron chi connectivity index (χ2n) is 4.45. The van der Waals surface area contributed by atoms with Crippen molar-refractivity contribution in [2.75, 3.05) is 14.2 Å². The van der Waals surface area contributed by atoms with Gasteiger partial charge in [0.15, 0.2) is 0 Å². The van der Waals surface area contributed by atoms with E-state index in [9.17, 15) is 0 Å². The Morgan fingerprint density at radius 2 is 2.05 bits per heavy atom. The molecule has 1 aromatic carbocycles. The highest BCUT2D eigenvalue weighted by molar-refractivity contribution is 7.12. The summed E-state index contributed by atoms with van der Waals surface area (Å²) in [4.78, 5) is 4.47. The van der Waals surface area contributed by atoms with Gasteiger partial charge in [-0.15, -0.1) is 11.3 Å². The molecule has 5 nitrogen and oxygen atoms in total. The van der Waals surface area contributed by atoms with Crippen LogP contribution in [0.15, 0.2) is 29.8 Å². The molecule has 0 aliphatic rings. The predicted octanol–water partition coefficient (Wildman–Crippen LogP) is 1.78. The number of aryl methyl sites for hydroxylation is 1. The molecule has 0 atom stereocenters. The minimum absolute atomic E-state index is 0.374. The molecule has 0 aliphatic carbocycles. The van der Waals surface area contributed by atoms with Crippen LogP contribution < -0.4 is 5.46 Å². The highest BCUT2D eigenvalue weighted by Crippen LogP contribution is 2.20. The van der Waals surface area contributed by atoms with Gasteiger partial charge in [0, 0.05) is 25.0 Å². The van der Waals surface area contributed by atoms with Gasteiger partial charge in [0.1, 0.15) is 0 Å². The Kier molecular flexibility index (Phi) is 3.56. The maximum absolute atomic E-state index is 5.30. The van der Waals surface area contributed by atoms with Crippen molar-refractivity contribution in [1.29, 1.82) is 0 Å². The van der Waals surface area contributed by atoms with E-state index in [4.69, 9.17) is 9.31 Å². The largest absolute Gasteiger partial charge is 0.493 e. The molecule has 0 radical (unpaired) electrons. The smallest absolute Gasteiger partial charge is 0.410 e. The third-order valence-corrected chi connectivity index (χ3v) is 4.02. The number of benzene rings is 1. The van der Waals surface area contributed by atoms with Crippen LogP contribution in [0.1, 0.15) is 5.69 Å². The average Bonchev–Trinajstić information content (AvgIpc) is 3.05. The van der Waals surface area contributed by atoms with Gasteiger partial charge >= 0.3 is 7.12 Å². The van der Waals surface area contributed by atoms with Crippen molar-refractivity contribution >= 4 is 34.8 Å². The zero-order valence-corrected chi connectivity index (χ0v) is 12.3. The zero-order valence-electron chi connectivity index (χ0n) is 11.5. The summed E-state index contributed by atoms with van der Waals surface area (Å²) in [5, 5.41) is 8.35. The molecule has 102 valence electrons.